The SMILES string of the molecule is COc1cccc(Cl)c1CNC1CCSC1. The molecule has 1 aromatic carbocycles. The summed E-state index contributed by atoms with van der Waals surface area (Å²) in [5.74, 6) is 3.33. The summed E-state index contributed by atoms with van der Waals surface area (Å²) in [6.07, 6.45) is 1.25. The zero-order chi connectivity index (χ0) is 11.4. The molecule has 16 heavy (non-hydrogen) atoms. The molecule has 0 aliphatic carbocycles. The predicted octanol–water partition coefficient (Wildman–Crippen LogP) is 2.94. The molecule has 0 spiro atoms. The molecule has 0 aromatic heterocycles. The number of benzene rings is 1. The lowest BCUT2D eigenvalue weighted by atomic mass is 10.1. The summed E-state index contributed by atoms with van der Waals surface area (Å²) in [4.78, 5) is 0. The molecular formula is C12H16ClNOS. The Hall–Kier alpha value is -0.380. The molecule has 2 rings (SSSR count). The van der Waals surface area contributed by atoms with Crippen LogP contribution in [0.25, 0.3) is 0 Å². The van der Waals surface area contributed by atoms with Gasteiger partial charge in [0.2, 0.25) is 0 Å². The van der Waals surface area contributed by atoms with E-state index in [-0.39, 0.29) is 0 Å². The summed E-state index contributed by atoms with van der Waals surface area (Å²) < 4.78 is 5.31. The average molecular weight is 258 g/mol. The zero-order valence-corrected chi connectivity index (χ0v) is 10.9. The highest BCUT2D eigenvalue weighted by Crippen LogP contribution is 2.26. The minimum atomic E-state index is 0.617. The Kier molecular flexibility index (Phi) is 4.38. The maximum atomic E-state index is 6.17. The lowest BCUT2D eigenvalue weighted by molar-refractivity contribution is 0.406. The van der Waals surface area contributed by atoms with Gasteiger partial charge in [-0.25, -0.2) is 0 Å². The predicted molar refractivity (Wildman–Crippen MR) is 70.6 cm³/mol. The van der Waals surface area contributed by atoms with Gasteiger partial charge in [0.05, 0.1) is 7.11 Å². The van der Waals surface area contributed by atoms with Crippen LogP contribution in [-0.2, 0) is 6.54 Å². The first-order valence-electron chi connectivity index (χ1n) is 5.44. The topological polar surface area (TPSA) is 21.3 Å². The normalized spacial score (nSPS) is 20.0. The molecule has 2 nitrogen and oxygen atoms in total. The van der Waals surface area contributed by atoms with E-state index in [0.717, 1.165) is 22.9 Å². The Morgan fingerprint density at radius 1 is 1.56 bits per heavy atom. The molecule has 1 aromatic rings. The molecule has 1 aliphatic rings. The molecule has 0 amide bonds. The van der Waals surface area contributed by atoms with Gasteiger partial charge in [0.15, 0.2) is 0 Å². The Balaban J connectivity index is 2.01. The highest BCUT2D eigenvalue weighted by atomic mass is 35.5. The van der Waals surface area contributed by atoms with E-state index < -0.39 is 0 Å². The van der Waals surface area contributed by atoms with E-state index in [4.69, 9.17) is 16.3 Å². The van der Waals surface area contributed by atoms with Gasteiger partial charge in [0.1, 0.15) is 5.75 Å². The first-order valence-corrected chi connectivity index (χ1v) is 6.97. The van der Waals surface area contributed by atoms with Gasteiger partial charge in [-0.1, -0.05) is 17.7 Å². The van der Waals surface area contributed by atoms with Crippen molar-refractivity contribution in [2.75, 3.05) is 18.6 Å². The van der Waals surface area contributed by atoms with Crippen molar-refractivity contribution in [2.45, 2.75) is 19.0 Å². The maximum absolute atomic E-state index is 6.17. The molecule has 0 bridgehead atoms. The fraction of sp³-hybridized carbons (Fsp3) is 0.500. The second-order valence-electron chi connectivity index (χ2n) is 3.86. The smallest absolute Gasteiger partial charge is 0.124 e. The highest BCUT2D eigenvalue weighted by Gasteiger charge is 2.16. The minimum absolute atomic E-state index is 0.617. The van der Waals surface area contributed by atoms with Gasteiger partial charge in [-0.05, 0) is 24.3 Å². The van der Waals surface area contributed by atoms with Crippen LogP contribution in [0.15, 0.2) is 18.2 Å². The molecule has 1 heterocycles. The monoisotopic (exact) mass is 257 g/mol. The fourth-order valence-electron chi connectivity index (χ4n) is 1.84. The van der Waals surface area contributed by atoms with Gasteiger partial charge < -0.3 is 10.1 Å². The molecule has 1 aliphatic heterocycles. The summed E-state index contributed by atoms with van der Waals surface area (Å²) in [6.45, 7) is 0.786. The van der Waals surface area contributed by atoms with Gasteiger partial charge in [-0.15, -0.1) is 0 Å². The van der Waals surface area contributed by atoms with E-state index >= 15 is 0 Å². The quantitative estimate of drug-likeness (QED) is 0.896. The average Bonchev–Trinajstić information content (AvgIpc) is 2.80. The Labute approximate surface area is 106 Å². The number of halogens is 1. The van der Waals surface area contributed by atoms with Crippen LogP contribution in [0.5, 0.6) is 5.75 Å². The largest absolute Gasteiger partial charge is 0.496 e. The third-order valence-electron chi connectivity index (χ3n) is 2.79. The second-order valence-corrected chi connectivity index (χ2v) is 5.42. The number of nitrogens with one attached hydrogen (secondary N) is 1. The Bertz CT molecular complexity index is 353. The van der Waals surface area contributed by atoms with Crippen molar-refractivity contribution in [3.8, 4) is 5.75 Å². The molecule has 1 N–H and O–H groups in total. The van der Waals surface area contributed by atoms with Crippen LogP contribution in [0, 0.1) is 0 Å². The fourth-order valence-corrected chi connectivity index (χ4v) is 3.26. The van der Waals surface area contributed by atoms with Crippen LogP contribution in [-0.4, -0.2) is 24.7 Å². The van der Waals surface area contributed by atoms with Gasteiger partial charge in [0, 0.05) is 28.9 Å². The lowest BCUT2D eigenvalue weighted by Crippen LogP contribution is -2.28. The van der Waals surface area contributed by atoms with Crippen LogP contribution in [0.1, 0.15) is 12.0 Å². The van der Waals surface area contributed by atoms with Gasteiger partial charge in [-0.2, -0.15) is 11.8 Å². The van der Waals surface area contributed by atoms with Gasteiger partial charge >= 0.3 is 0 Å². The van der Waals surface area contributed by atoms with Crippen molar-refractivity contribution >= 4 is 23.4 Å². The van der Waals surface area contributed by atoms with Gasteiger partial charge in [-0.3, -0.25) is 0 Å². The molecule has 4 heteroatoms. The molecule has 1 fully saturated rings. The Morgan fingerprint density at radius 2 is 2.44 bits per heavy atom. The van der Waals surface area contributed by atoms with Crippen LogP contribution >= 0.6 is 23.4 Å². The third-order valence-corrected chi connectivity index (χ3v) is 4.31. The zero-order valence-electron chi connectivity index (χ0n) is 9.33. The van der Waals surface area contributed by atoms with Crippen molar-refractivity contribution in [3.63, 3.8) is 0 Å². The maximum Gasteiger partial charge on any atom is 0.124 e. The summed E-state index contributed by atoms with van der Waals surface area (Å²) in [6, 6.07) is 6.39. The van der Waals surface area contributed by atoms with Crippen LogP contribution in [0.4, 0.5) is 0 Å². The standard InChI is InChI=1S/C12H16ClNOS/c1-15-12-4-2-3-11(13)10(12)7-14-9-5-6-16-8-9/h2-4,9,14H,5-8H2,1H3. The van der Waals surface area contributed by atoms with E-state index in [2.05, 4.69) is 5.32 Å². The van der Waals surface area contributed by atoms with Crippen LogP contribution in [0.3, 0.4) is 0 Å². The van der Waals surface area contributed by atoms with Gasteiger partial charge in [0.25, 0.3) is 0 Å². The highest BCUT2D eigenvalue weighted by molar-refractivity contribution is 7.99. The lowest BCUT2D eigenvalue weighted by Gasteiger charge is -2.14. The second kappa shape index (κ2) is 5.80. The molecule has 0 radical (unpaired) electrons. The van der Waals surface area contributed by atoms with E-state index in [9.17, 15) is 0 Å². The van der Waals surface area contributed by atoms with E-state index in [1.165, 1.54) is 17.9 Å². The Morgan fingerprint density at radius 3 is 3.12 bits per heavy atom. The molecule has 88 valence electrons. The van der Waals surface area contributed by atoms with Crippen molar-refractivity contribution in [1.29, 1.82) is 0 Å². The number of ether oxygens (including phenoxy) is 1. The molecular weight excluding hydrogens is 242 g/mol. The summed E-state index contributed by atoms with van der Waals surface area (Å²) in [5, 5.41) is 4.30. The number of thioether (sulfide) groups is 1. The summed E-state index contributed by atoms with van der Waals surface area (Å²) in [7, 11) is 1.68. The molecule has 1 unspecified atom stereocenters. The first kappa shape index (κ1) is 12.1. The van der Waals surface area contributed by atoms with Crippen molar-refractivity contribution < 1.29 is 4.74 Å². The number of hydrogen-bond donors (Lipinski definition) is 1. The van der Waals surface area contributed by atoms with E-state index in [1.807, 2.05) is 30.0 Å². The van der Waals surface area contributed by atoms with E-state index in [0.29, 0.717) is 6.04 Å². The van der Waals surface area contributed by atoms with Crippen LogP contribution < -0.4 is 10.1 Å². The third kappa shape index (κ3) is 2.84. The number of methoxy groups -OCH3 is 1. The van der Waals surface area contributed by atoms with Crippen molar-refractivity contribution in [3.05, 3.63) is 28.8 Å². The molecule has 1 saturated heterocycles. The molecule has 1 atom stereocenters. The minimum Gasteiger partial charge on any atom is -0.496 e. The molecule has 0 saturated carbocycles. The van der Waals surface area contributed by atoms with E-state index in [1.54, 1.807) is 7.11 Å². The number of rotatable bonds is 4. The van der Waals surface area contributed by atoms with Crippen molar-refractivity contribution in [2.24, 2.45) is 0 Å². The first-order chi connectivity index (χ1) is 7.81. The van der Waals surface area contributed by atoms with Crippen molar-refractivity contribution in [1.82, 2.24) is 5.32 Å². The summed E-state index contributed by atoms with van der Waals surface area (Å²) >= 11 is 8.17. The van der Waals surface area contributed by atoms with Crippen LogP contribution in [0.2, 0.25) is 5.02 Å². The number of hydrogen-bond acceptors (Lipinski definition) is 3. The summed E-state index contributed by atoms with van der Waals surface area (Å²) in [5.41, 5.74) is 1.06.